The Morgan fingerprint density at radius 2 is 2.00 bits per heavy atom. The number of nitrogens with two attached hydrogens (primary N) is 1. The molecule has 0 spiro atoms. The summed E-state index contributed by atoms with van der Waals surface area (Å²) < 4.78 is 26.2. The van der Waals surface area contributed by atoms with Gasteiger partial charge in [0.05, 0.1) is 4.90 Å². The molecule has 1 aromatic carbocycles. The van der Waals surface area contributed by atoms with E-state index < -0.39 is 10.0 Å². The maximum Gasteiger partial charge on any atom is 0.240 e. The molecule has 0 aromatic heterocycles. The number of rotatable bonds is 8. The molecular formula is C16H25N3O3S. The number of carbonyl (C=O) groups excluding carboxylic acids is 1. The second-order valence-electron chi connectivity index (χ2n) is 5.75. The molecule has 7 heteroatoms. The van der Waals surface area contributed by atoms with Gasteiger partial charge < -0.3 is 10.6 Å². The Morgan fingerprint density at radius 1 is 1.26 bits per heavy atom. The molecule has 0 atom stereocenters. The first-order chi connectivity index (χ1) is 11.0. The van der Waals surface area contributed by atoms with Crippen LogP contribution in [0.25, 0.3) is 0 Å². The molecule has 1 aliphatic rings. The topological polar surface area (TPSA) is 92.5 Å². The van der Waals surface area contributed by atoms with E-state index in [2.05, 4.69) is 4.72 Å². The van der Waals surface area contributed by atoms with Crippen molar-refractivity contribution in [3.8, 4) is 0 Å². The van der Waals surface area contributed by atoms with Gasteiger partial charge in [-0.15, -0.1) is 0 Å². The molecule has 0 aliphatic carbocycles. The zero-order chi connectivity index (χ0) is 16.9. The molecule has 0 saturated heterocycles. The standard InChI is InChI=1S/C16H25N3O3S/c1-18-23(21,22)14-8-7-13-9-11-19(15(13)12-14)16(20)6-4-2-3-5-10-17/h7-8,12,18H,2-6,9-11,17H2,1H3. The van der Waals surface area contributed by atoms with Crippen molar-refractivity contribution in [3.63, 3.8) is 0 Å². The number of carbonyl (C=O) groups is 1. The summed E-state index contributed by atoms with van der Waals surface area (Å²) in [6.45, 7) is 1.32. The third-order valence-electron chi connectivity index (χ3n) is 4.18. The van der Waals surface area contributed by atoms with Crippen molar-refractivity contribution in [2.24, 2.45) is 5.73 Å². The molecule has 128 valence electrons. The highest BCUT2D eigenvalue weighted by molar-refractivity contribution is 7.89. The van der Waals surface area contributed by atoms with Crippen LogP contribution in [0.4, 0.5) is 5.69 Å². The molecule has 23 heavy (non-hydrogen) atoms. The molecule has 1 aliphatic heterocycles. The predicted molar refractivity (Wildman–Crippen MR) is 90.9 cm³/mol. The quantitative estimate of drug-likeness (QED) is 0.700. The molecular weight excluding hydrogens is 314 g/mol. The highest BCUT2D eigenvalue weighted by atomic mass is 32.2. The van der Waals surface area contributed by atoms with Gasteiger partial charge in [-0.2, -0.15) is 0 Å². The summed E-state index contributed by atoms with van der Waals surface area (Å²) in [5, 5.41) is 0. The second kappa shape index (κ2) is 7.90. The number of sulfonamides is 1. The maximum atomic E-state index is 12.4. The van der Waals surface area contributed by atoms with Gasteiger partial charge in [0, 0.05) is 18.7 Å². The molecule has 3 N–H and O–H groups in total. The average molecular weight is 339 g/mol. The summed E-state index contributed by atoms with van der Waals surface area (Å²) >= 11 is 0. The first kappa shape index (κ1) is 17.9. The van der Waals surface area contributed by atoms with Crippen LogP contribution in [0, 0.1) is 0 Å². The van der Waals surface area contributed by atoms with Gasteiger partial charge in [0.2, 0.25) is 15.9 Å². The van der Waals surface area contributed by atoms with E-state index >= 15 is 0 Å². The number of amides is 1. The molecule has 1 amide bonds. The van der Waals surface area contributed by atoms with Crippen LogP contribution < -0.4 is 15.4 Å². The Labute approximate surface area is 138 Å². The lowest BCUT2D eigenvalue weighted by Gasteiger charge is -2.18. The zero-order valence-electron chi connectivity index (χ0n) is 13.5. The van der Waals surface area contributed by atoms with Gasteiger partial charge in [0.25, 0.3) is 0 Å². The minimum atomic E-state index is -3.50. The molecule has 0 bridgehead atoms. The lowest BCUT2D eigenvalue weighted by Crippen LogP contribution is -2.28. The predicted octanol–water partition coefficient (Wildman–Crippen LogP) is 1.39. The second-order valence-corrected chi connectivity index (χ2v) is 7.63. The summed E-state index contributed by atoms with van der Waals surface area (Å²) in [4.78, 5) is 14.3. The SMILES string of the molecule is CNS(=O)(=O)c1ccc2c(c1)N(C(=O)CCCCCCN)CC2. The van der Waals surface area contributed by atoms with Gasteiger partial charge in [-0.25, -0.2) is 13.1 Å². The van der Waals surface area contributed by atoms with Gasteiger partial charge in [0.1, 0.15) is 0 Å². The smallest absolute Gasteiger partial charge is 0.240 e. The number of nitrogens with one attached hydrogen (secondary N) is 1. The molecule has 6 nitrogen and oxygen atoms in total. The van der Waals surface area contributed by atoms with Gasteiger partial charge in [0.15, 0.2) is 0 Å². The number of hydrogen-bond donors (Lipinski definition) is 2. The largest absolute Gasteiger partial charge is 0.330 e. The minimum Gasteiger partial charge on any atom is -0.330 e. The number of benzene rings is 1. The van der Waals surface area contributed by atoms with Crippen LogP contribution in [0.15, 0.2) is 23.1 Å². The van der Waals surface area contributed by atoms with Crippen molar-refractivity contribution in [1.82, 2.24) is 4.72 Å². The Kier molecular flexibility index (Phi) is 6.15. The first-order valence-corrected chi connectivity index (χ1v) is 9.55. The molecule has 0 radical (unpaired) electrons. The molecule has 0 saturated carbocycles. The van der Waals surface area contributed by atoms with Crippen LogP contribution in [-0.2, 0) is 21.2 Å². The molecule has 2 rings (SSSR count). The van der Waals surface area contributed by atoms with Crippen molar-refractivity contribution in [2.45, 2.75) is 43.4 Å². The van der Waals surface area contributed by atoms with Crippen LogP contribution in [0.5, 0.6) is 0 Å². The number of unbranched alkanes of at least 4 members (excludes halogenated alkanes) is 3. The third kappa shape index (κ3) is 4.31. The van der Waals surface area contributed by atoms with Crippen LogP contribution in [0.3, 0.4) is 0 Å². The fraction of sp³-hybridized carbons (Fsp3) is 0.562. The third-order valence-corrected chi connectivity index (χ3v) is 5.59. The van der Waals surface area contributed by atoms with E-state index in [4.69, 9.17) is 5.73 Å². The zero-order valence-corrected chi connectivity index (χ0v) is 14.4. The summed E-state index contributed by atoms with van der Waals surface area (Å²) in [5.74, 6) is 0.0653. The number of hydrogen-bond acceptors (Lipinski definition) is 4. The first-order valence-electron chi connectivity index (χ1n) is 8.06. The summed E-state index contributed by atoms with van der Waals surface area (Å²) in [5.41, 5.74) is 7.21. The molecule has 0 fully saturated rings. The van der Waals surface area contributed by atoms with Crippen molar-refractivity contribution >= 4 is 21.6 Å². The van der Waals surface area contributed by atoms with Gasteiger partial charge in [-0.05, 0) is 50.6 Å². The monoisotopic (exact) mass is 339 g/mol. The molecule has 0 unspecified atom stereocenters. The van der Waals surface area contributed by atoms with Crippen LogP contribution >= 0.6 is 0 Å². The minimum absolute atomic E-state index is 0.0653. The number of fused-ring (bicyclic) bond motifs is 1. The molecule has 1 aromatic rings. The van der Waals surface area contributed by atoms with E-state index in [1.54, 1.807) is 23.1 Å². The average Bonchev–Trinajstić information content (AvgIpc) is 2.97. The van der Waals surface area contributed by atoms with Crippen molar-refractivity contribution in [2.75, 3.05) is 25.0 Å². The summed E-state index contributed by atoms with van der Waals surface area (Å²) in [6.07, 6.45) is 5.15. The maximum absolute atomic E-state index is 12.4. The lowest BCUT2D eigenvalue weighted by molar-refractivity contribution is -0.118. The van der Waals surface area contributed by atoms with Crippen LogP contribution in [0.1, 0.15) is 37.7 Å². The Hall–Kier alpha value is -1.44. The van der Waals surface area contributed by atoms with E-state index in [9.17, 15) is 13.2 Å². The van der Waals surface area contributed by atoms with Crippen molar-refractivity contribution in [3.05, 3.63) is 23.8 Å². The fourth-order valence-corrected chi connectivity index (χ4v) is 3.56. The fourth-order valence-electron chi connectivity index (χ4n) is 2.81. The lowest BCUT2D eigenvalue weighted by atomic mass is 10.1. The Morgan fingerprint density at radius 3 is 2.70 bits per heavy atom. The van der Waals surface area contributed by atoms with Crippen molar-refractivity contribution in [1.29, 1.82) is 0 Å². The van der Waals surface area contributed by atoms with Gasteiger partial charge >= 0.3 is 0 Å². The highest BCUT2D eigenvalue weighted by Gasteiger charge is 2.26. The highest BCUT2D eigenvalue weighted by Crippen LogP contribution is 2.31. The number of anilines is 1. The van der Waals surface area contributed by atoms with E-state index in [0.29, 0.717) is 19.5 Å². The van der Waals surface area contributed by atoms with Gasteiger partial charge in [-0.1, -0.05) is 18.9 Å². The van der Waals surface area contributed by atoms with E-state index in [0.717, 1.165) is 43.4 Å². The Balaban J connectivity index is 2.05. The van der Waals surface area contributed by atoms with Crippen molar-refractivity contribution < 1.29 is 13.2 Å². The summed E-state index contributed by atoms with van der Waals surface area (Å²) in [6, 6.07) is 4.99. The summed E-state index contributed by atoms with van der Waals surface area (Å²) in [7, 11) is -2.11. The van der Waals surface area contributed by atoms with E-state index in [1.807, 2.05) is 0 Å². The Bertz CT molecular complexity index is 659. The van der Waals surface area contributed by atoms with E-state index in [-0.39, 0.29) is 10.8 Å². The van der Waals surface area contributed by atoms with Crippen LogP contribution in [0.2, 0.25) is 0 Å². The van der Waals surface area contributed by atoms with Gasteiger partial charge in [-0.3, -0.25) is 4.79 Å². The number of nitrogens with zero attached hydrogens (tertiary/aromatic N) is 1. The normalized spacial score (nSPS) is 14.1. The molecule has 1 heterocycles. The van der Waals surface area contributed by atoms with Crippen LogP contribution in [-0.4, -0.2) is 34.5 Å². The van der Waals surface area contributed by atoms with E-state index in [1.165, 1.54) is 7.05 Å².